The van der Waals surface area contributed by atoms with E-state index in [4.69, 9.17) is 11.5 Å². The van der Waals surface area contributed by atoms with E-state index in [9.17, 15) is 10.1 Å². The summed E-state index contributed by atoms with van der Waals surface area (Å²) in [6, 6.07) is 4.81. The molecule has 0 aromatic heterocycles. The molecule has 96 valence electrons. The van der Waals surface area contributed by atoms with Gasteiger partial charge < -0.3 is 16.4 Å². The van der Waals surface area contributed by atoms with Gasteiger partial charge in [0.1, 0.15) is 5.69 Å². The summed E-state index contributed by atoms with van der Waals surface area (Å²) in [5, 5.41) is 17.0. The summed E-state index contributed by atoms with van der Waals surface area (Å²) >= 11 is 0. The van der Waals surface area contributed by atoms with Crippen molar-refractivity contribution in [2.24, 2.45) is 16.6 Å². The summed E-state index contributed by atoms with van der Waals surface area (Å²) < 4.78 is 0. The first-order valence-electron chi connectivity index (χ1n) is 5.05. The van der Waals surface area contributed by atoms with Crippen LogP contribution in [0.1, 0.15) is 5.56 Å². The molecule has 8 heteroatoms. The molecule has 0 fully saturated rings. The zero-order valence-electron chi connectivity index (χ0n) is 10.1. The molecule has 1 aromatic rings. The number of guanidine groups is 1. The normalized spacial score (nSPS) is 10.3. The van der Waals surface area contributed by atoms with E-state index in [-0.39, 0.29) is 11.6 Å². The van der Waals surface area contributed by atoms with Gasteiger partial charge >= 0.3 is 0 Å². The SMILES string of the molecule is CN(C)c1ccc(/C=[NH+]/N=C(N)N)cc1[N+](=O)[O-]. The Balaban J connectivity index is 3.12. The second-order valence-electron chi connectivity index (χ2n) is 3.71. The second-order valence-corrected chi connectivity index (χ2v) is 3.71. The molecule has 0 aliphatic heterocycles. The highest BCUT2D eigenvalue weighted by Gasteiger charge is 2.16. The van der Waals surface area contributed by atoms with Crippen molar-refractivity contribution in [1.29, 1.82) is 0 Å². The predicted molar refractivity (Wildman–Crippen MR) is 69.4 cm³/mol. The largest absolute Gasteiger partial charge is 0.372 e. The Bertz CT molecular complexity index is 505. The number of anilines is 1. The summed E-state index contributed by atoms with van der Waals surface area (Å²) in [5.41, 5.74) is 11.4. The van der Waals surface area contributed by atoms with Gasteiger partial charge in [0.2, 0.25) is 6.21 Å². The molecule has 18 heavy (non-hydrogen) atoms. The molecule has 0 saturated carbocycles. The van der Waals surface area contributed by atoms with E-state index in [1.807, 2.05) is 0 Å². The van der Waals surface area contributed by atoms with Crippen molar-refractivity contribution in [3.63, 3.8) is 0 Å². The van der Waals surface area contributed by atoms with Crippen LogP contribution in [0.15, 0.2) is 23.3 Å². The third kappa shape index (κ3) is 3.44. The molecular formula is C10H15N6O2+. The Morgan fingerprint density at radius 3 is 2.67 bits per heavy atom. The second kappa shape index (κ2) is 5.62. The lowest BCUT2D eigenvalue weighted by molar-refractivity contribution is -0.456. The van der Waals surface area contributed by atoms with Crippen LogP contribution in [0.2, 0.25) is 0 Å². The fourth-order valence-electron chi connectivity index (χ4n) is 1.34. The summed E-state index contributed by atoms with van der Waals surface area (Å²) in [6.45, 7) is 0. The van der Waals surface area contributed by atoms with Crippen LogP contribution in [-0.2, 0) is 0 Å². The summed E-state index contributed by atoms with van der Waals surface area (Å²) in [6.07, 6.45) is 1.46. The number of benzene rings is 1. The zero-order valence-corrected chi connectivity index (χ0v) is 10.1. The van der Waals surface area contributed by atoms with Crippen molar-refractivity contribution >= 4 is 23.5 Å². The quantitative estimate of drug-likeness (QED) is 0.256. The number of nitrogens with zero attached hydrogens (tertiary/aromatic N) is 3. The van der Waals surface area contributed by atoms with Crippen molar-refractivity contribution in [2.75, 3.05) is 19.0 Å². The third-order valence-corrected chi connectivity index (χ3v) is 2.10. The number of nitro groups is 1. The van der Waals surface area contributed by atoms with Crippen molar-refractivity contribution in [2.45, 2.75) is 0 Å². The van der Waals surface area contributed by atoms with Crippen LogP contribution in [-0.4, -0.2) is 31.2 Å². The topological polar surface area (TPSA) is 125 Å². The molecule has 0 atom stereocenters. The molecule has 1 aromatic carbocycles. The highest BCUT2D eigenvalue weighted by atomic mass is 16.6. The molecule has 1 rings (SSSR count). The van der Waals surface area contributed by atoms with E-state index in [2.05, 4.69) is 10.2 Å². The monoisotopic (exact) mass is 251 g/mol. The van der Waals surface area contributed by atoms with Crippen molar-refractivity contribution in [3.8, 4) is 0 Å². The fourth-order valence-corrected chi connectivity index (χ4v) is 1.34. The lowest BCUT2D eigenvalue weighted by Crippen LogP contribution is -2.63. The van der Waals surface area contributed by atoms with Crippen molar-refractivity contribution in [3.05, 3.63) is 33.9 Å². The number of hydrogen-bond donors (Lipinski definition) is 3. The Labute approximate surface area is 104 Å². The first kappa shape index (κ1) is 13.4. The lowest BCUT2D eigenvalue weighted by Gasteiger charge is -2.12. The summed E-state index contributed by atoms with van der Waals surface area (Å²) in [7, 11) is 3.48. The maximum Gasteiger partial charge on any atom is 0.293 e. The summed E-state index contributed by atoms with van der Waals surface area (Å²) in [4.78, 5) is 12.2. The van der Waals surface area contributed by atoms with Crippen LogP contribution in [0.4, 0.5) is 11.4 Å². The molecule has 0 unspecified atom stereocenters. The Morgan fingerprint density at radius 2 is 2.17 bits per heavy atom. The van der Waals surface area contributed by atoms with Gasteiger partial charge in [0, 0.05) is 30.8 Å². The lowest BCUT2D eigenvalue weighted by atomic mass is 10.2. The Hall–Kier alpha value is -2.64. The van der Waals surface area contributed by atoms with Crippen LogP contribution >= 0.6 is 0 Å². The van der Waals surface area contributed by atoms with Gasteiger partial charge in [0.15, 0.2) is 0 Å². The number of hydrogen-bond acceptors (Lipinski definition) is 4. The van der Waals surface area contributed by atoms with Crippen LogP contribution < -0.4 is 21.5 Å². The molecule has 0 amide bonds. The number of nitrogens with two attached hydrogens (primary N) is 2. The highest BCUT2D eigenvalue weighted by Crippen LogP contribution is 2.26. The minimum Gasteiger partial charge on any atom is -0.372 e. The Kier molecular flexibility index (Phi) is 4.19. The van der Waals surface area contributed by atoms with E-state index >= 15 is 0 Å². The number of nitro benzene ring substituents is 1. The van der Waals surface area contributed by atoms with E-state index in [0.29, 0.717) is 11.3 Å². The van der Waals surface area contributed by atoms with Gasteiger partial charge in [-0.25, -0.2) is 0 Å². The maximum absolute atomic E-state index is 10.9. The molecule has 0 saturated heterocycles. The van der Waals surface area contributed by atoms with E-state index in [0.717, 1.165) is 0 Å². The van der Waals surface area contributed by atoms with E-state index in [1.54, 1.807) is 31.1 Å². The van der Waals surface area contributed by atoms with E-state index in [1.165, 1.54) is 12.3 Å². The first-order valence-corrected chi connectivity index (χ1v) is 5.05. The molecule has 0 spiro atoms. The van der Waals surface area contributed by atoms with Gasteiger partial charge in [-0.1, -0.05) is 0 Å². The molecule has 0 radical (unpaired) electrons. The molecular weight excluding hydrogens is 236 g/mol. The summed E-state index contributed by atoms with van der Waals surface area (Å²) in [5.74, 6) is -0.120. The van der Waals surface area contributed by atoms with Gasteiger partial charge in [-0.2, -0.15) is 0 Å². The predicted octanol–water partition coefficient (Wildman–Crippen LogP) is -1.65. The Morgan fingerprint density at radius 1 is 1.50 bits per heavy atom. The maximum atomic E-state index is 10.9. The fraction of sp³-hybridized carbons (Fsp3) is 0.200. The average Bonchev–Trinajstić information content (AvgIpc) is 2.28. The van der Waals surface area contributed by atoms with Crippen LogP contribution in [0.25, 0.3) is 0 Å². The average molecular weight is 251 g/mol. The first-order chi connectivity index (χ1) is 8.41. The molecule has 5 N–H and O–H groups in total. The van der Waals surface area contributed by atoms with Crippen LogP contribution in [0.5, 0.6) is 0 Å². The molecule has 8 nitrogen and oxygen atoms in total. The molecule has 0 aliphatic carbocycles. The molecule has 0 heterocycles. The third-order valence-electron chi connectivity index (χ3n) is 2.10. The van der Waals surface area contributed by atoms with Gasteiger partial charge in [0.25, 0.3) is 11.6 Å². The minimum atomic E-state index is -0.437. The molecule has 0 aliphatic rings. The highest BCUT2D eigenvalue weighted by molar-refractivity contribution is 5.80. The van der Waals surface area contributed by atoms with Crippen molar-refractivity contribution in [1.82, 2.24) is 0 Å². The molecule has 0 bridgehead atoms. The van der Waals surface area contributed by atoms with Gasteiger partial charge in [-0.05, 0) is 12.1 Å². The number of nitrogens with one attached hydrogen (secondary N) is 1. The van der Waals surface area contributed by atoms with Crippen LogP contribution in [0.3, 0.4) is 0 Å². The minimum absolute atomic E-state index is 0.0141. The number of hydrazone groups is 1. The standard InChI is InChI=1S/C10H14N6O2/c1-15(2)8-4-3-7(5-9(8)16(17)18)6-13-14-10(11)12/h3-6H,1-2H3,(H4,11,12,14)/p+1/b13-6+. The van der Waals surface area contributed by atoms with Gasteiger partial charge in [-0.3, -0.25) is 10.1 Å². The smallest absolute Gasteiger partial charge is 0.293 e. The van der Waals surface area contributed by atoms with E-state index < -0.39 is 4.92 Å². The van der Waals surface area contributed by atoms with Gasteiger partial charge in [0.05, 0.1) is 4.92 Å². The van der Waals surface area contributed by atoms with Gasteiger partial charge in [-0.15, -0.1) is 5.10 Å². The zero-order chi connectivity index (χ0) is 13.7. The van der Waals surface area contributed by atoms with Crippen molar-refractivity contribution < 1.29 is 10.0 Å². The van der Waals surface area contributed by atoms with Crippen LogP contribution in [0, 0.1) is 10.1 Å². The number of rotatable bonds is 4.